The minimum atomic E-state index is -0.356. The smallest absolute Gasteiger partial charge is 0.312 e. The number of rotatable bonds is 4. The molecule has 4 heteroatoms. The van der Waals surface area contributed by atoms with E-state index in [2.05, 4.69) is 19.1 Å². The van der Waals surface area contributed by atoms with Gasteiger partial charge in [0.25, 0.3) is 0 Å². The molecule has 0 N–H and O–H groups in total. The Labute approximate surface area is 114 Å². The van der Waals surface area contributed by atoms with E-state index in [1.54, 1.807) is 7.11 Å². The molecule has 2 fully saturated rings. The maximum atomic E-state index is 12.3. The summed E-state index contributed by atoms with van der Waals surface area (Å²) in [7, 11) is 3.04. The molecular formula is C15H22O4. The van der Waals surface area contributed by atoms with E-state index in [1.807, 2.05) is 0 Å². The molecule has 0 aromatic carbocycles. The van der Waals surface area contributed by atoms with Crippen molar-refractivity contribution < 1.29 is 19.3 Å². The van der Waals surface area contributed by atoms with Crippen LogP contribution in [0.5, 0.6) is 0 Å². The summed E-state index contributed by atoms with van der Waals surface area (Å²) in [6.07, 6.45) is 7.78. The lowest BCUT2D eigenvalue weighted by Gasteiger charge is -2.39. The van der Waals surface area contributed by atoms with Crippen LogP contribution in [0.2, 0.25) is 0 Å². The molecular weight excluding hydrogens is 244 g/mol. The van der Waals surface area contributed by atoms with Crippen molar-refractivity contribution in [1.29, 1.82) is 0 Å². The highest BCUT2D eigenvalue weighted by atomic mass is 17.2. The summed E-state index contributed by atoms with van der Waals surface area (Å²) < 4.78 is 5.08. The van der Waals surface area contributed by atoms with Crippen LogP contribution in [0, 0.1) is 28.6 Å². The van der Waals surface area contributed by atoms with Gasteiger partial charge in [-0.05, 0) is 49.4 Å². The van der Waals surface area contributed by atoms with Gasteiger partial charge in [-0.2, -0.15) is 0 Å². The molecule has 0 aliphatic heterocycles. The van der Waals surface area contributed by atoms with Gasteiger partial charge in [-0.15, -0.1) is 0 Å². The minimum absolute atomic E-state index is 0.0537. The van der Waals surface area contributed by atoms with E-state index in [-0.39, 0.29) is 16.8 Å². The largest absolute Gasteiger partial charge is 0.469 e. The molecule has 5 atom stereocenters. The van der Waals surface area contributed by atoms with Crippen molar-refractivity contribution >= 4 is 5.97 Å². The third-order valence-electron chi connectivity index (χ3n) is 5.93. The molecule has 0 heterocycles. The minimum Gasteiger partial charge on any atom is -0.469 e. The summed E-state index contributed by atoms with van der Waals surface area (Å²) in [5.41, 5.74) is -0.239. The maximum absolute atomic E-state index is 12.3. The summed E-state index contributed by atoms with van der Waals surface area (Å²) in [6, 6.07) is 0. The SMILES string of the molecule is COOC[C@@H]1CCC2C(C)(C(=O)OC)C3C=CC21C3. The zero-order valence-corrected chi connectivity index (χ0v) is 11.8. The van der Waals surface area contributed by atoms with Gasteiger partial charge in [0.05, 0.1) is 26.2 Å². The van der Waals surface area contributed by atoms with Crippen molar-refractivity contribution in [3.8, 4) is 0 Å². The number of ether oxygens (including phenoxy) is 1. The second-order valence-corrected chi connectivity index (χ2v) is 6.33. The Morgan fingerprint density at radius 1 is 1.37 bits per heavy atom. The average Bonchev–Trinajstić information content (AvgIpc) is 3.07. The van der Waals surface area contributed by atoms with Gasteiger partial charge < -0.3 is 4.74 Å². The van der Waals surface area contributed by atoms with E-state index in [9.17, 15) is 4.79 Å². The molecule has 3 aliphatic rings. The highest BCUT2D eigenvalue weighted by Gasteiger charge is 2.68. The maximum Gasteiger partial charge on any atom is 0.312 e. The number of fused-ring (bicyclic) bond motifs is 1. The summed E-state index contributed by atoms with van der Waals surface area (Å²) >= 11 is 0. The molecule has 4 unspecified atom stereocenters. The van der Waals surface area contributed by atoms with Gasteiger partial charge in [-0.3, -0.25) is 4.79 Å². The van der Waals surface area contributed by atoms with Gasteiger partial charge in [0.15, 0.2) is 0 Å². The molecule has 0 aromatic heterocycles. The topological polar surface area (TPSA) is 44.8 Å². The van der Waals surface area contributed by atoms with Crippen LogP contribution < -0.4 is 0 Å². The summed E-state index contributed by atoms with van der Waals surface area (Å²) in [5.74, 6) is 1.09. The lowest BCUT2D eigenvalue weighted by Crippen LogP contribution is -2.42. The van der Waals surface area contributed by atoms with Crippen molar-refractivity contribution in [3.05, 3.63) is 12.2 Å². The third-order valence-corrected chi connectivity index (χ3v) is 5.93. The lowest BCUT2D eigenvalue weighted by atomic mass is 9.65. The molecule has 4 nitrogen and oxygen atoms in total. The average molecular weight is 266 g/mol. The van der Waals surface area contributed by atoms with Crippen LogP contribution >= 0.6 is 0 Å². The van der Waals surface area contributed by atoms with E-state index >= 15 is 0 Å². The third kappa shape index (κ3) is 1.50. The van der Waals surface area contributed by atoms with Crippen molar-refractivity contribution in [2.45, 2.75) is 26.2 Å². The fraction of sp³-hybridized carbons (Fsp3) is 0.800. The van der Waals surface area contributed by atoms with Gasteiger partial charge in [0.1, 0.15) is 0 Å². The Hall–Kier alpha value is -0.870. The van der Waals surface area contributed by atoms with Crippen molar-refractivity contribution in [2.75, 3.05) is 20.8 Å². The number of allylic oxidation sites excluding steroid dienone is 2. The van der Waals surface area contributed by atoms with E-state index in [4.69, 9.17) is 14.5 Å². The standard InChI is InChI=1S/C15H22O4/c1-14(13(16)17-2)10-6-7-15(8-10)11(9-19-18-3)4-5-12(14)15/h6-7,10-12H,4-5,8-9H2,1-3H3/t10?,11-,12?,14?,15?/m0/s1. The van der Waals surface area contributed by atoms with Gasteiger partial charge in [0.2, 0.25) is 0 Å². The Bertz CT molecular complexity index is 418. The summed E-state index contributed by atoms with van der Waals surface area (Å²) in [4.78, 5) is 22.2. The van der Waals surface area contributed by atoms with Crippen LogP contribution in [0.3, 0.4) is 0 Å². The quantitative estimate of drug-likeness (QED) is 0.339. The first-order valence-corrected chi connectivity index (χ1v) is 7.03. The zero-order chi connectivity index (χ0) is 13.7. The fourth-order valence-corrected chi connectivity index (χ4v) is 4.99. The van der Waals surface area contributed by atoms with Gasteiger partial charge in [-0.1, -0.05) is 12.2 Å². The van der Waals surface area contributed by atoms with Crippen LogP contribution in [0.1, 0.15) is 26.2 Å². The Balaban J connectivity index is 1.90. The molecule has 0 aromatic rings. The molecule has 3 rings (SSSR count). The molecule has 3 aliphatic carbocycles. The summed E-state index contributed by atoms with van der Waals surface area (Å²) in [6.45, 7) is 2.69. The fourth-order valence-electron chi connectivity index (χ4n) is 4.99. The molecule has 2 bridgehead atoms. The normalized spacial score (nSPS) is 46.6. The number of hydrogen-bond acceptors (Lipinski definition) is 4. The summed E-state index contributed by atoms with van der Waals surface area (Å²) in [5, 5.41) is 0. The van der Waals surface area contributed by atoms with Crippen LogP contribution in [-0.2, 0) is 19.3 Å². The van der Waals surface area contributed by atoms with Crippen LogP contribution in [0.15, 0.2) is 12.2 Å². The van der Waals surface area contributed by atoms with E-state index < -0.39 is 0 Å². The Kier molecular flexibility index (Phi) is 2.98. The second kappa shape index (κ2) is 4.32. The van der Waals surface area contributed by atoms with E-state index in [0.717, 1.165) is 19.3 Å². The first-order chi connectivity index (χ1) is 9.09. The Morgan fingerprint density at radius 2 is 2.16 bits per heavy atom. The number of carbonyl (C=O) groups excluding carboxylic acids is 1. The highest BCUT2D eigenvalue weighted by molar-refractivity contribution is 5.79. The molecule has 2 saturated carbocycles. The monoisotopic (exact) mass is 266 g/mol. The van der Waals surface area contributed by atoms with Crippen LogP contribution in [0.25, 0.3) is 0 Å². The molecule has 106 valence electrons. The Morgan fingerprint density at radius 3 is 2.84 bits per heavy atom. The van der Waals surface area contributed by atoms with Crippen LogP contribution in [-0.4, -0.2) is 26.8 Å². The molecule has 0 saturated heterocycles. The predicted molar refractivity (Wildman–Crippen MR) is 69.0 cm³/mol. The van der Waals surface area contributed by atoms with Crippen molar-refractivity contribution in [2.24, 2.45) is 28.6 Å². The molecule has 0 amide bonds. The highest BCUT2D eigenvalue weighted by Crippen LogP contribution is 2.71. The number of carbonyl (C=O) groups is 1. The lowest BCUT2D eigenvalue weighted by molar-refractivity contribution is -0.283. The number of esters is 1. The first kappa shape index (κ1) is 13.1. The molecule has 1 spiro atoms. The molecule has 0 radical (unpaired) electrons. The van der Waals surface area contributed by atoms with Gasteiger partial charge in [0, 0.05) is 0 Å². The van der Waals surface area contributed by atoms with Crippen LogP contribution in [0.4, 0.5) is 0 Å². The van der Waals surface area contributed by atoms with Gasteiger partial charge >= 0.3 is 5.97 Å². The first-order valence-electron chi connectivity index (χ1n) is 7.03. The predicted octanol–water partition coefficient (Wildman–Crippen LogP) is 2.35. The van der Waals surface area contributed by atoms with E-state index in [0.29, 0.717) is 24.4 Å². The van der Waals surface area contributed by atoms with Crippen molar-refractivity contribution in [3.63, 3.8) is 0 Å². The zero-order valence-electron chi connectivity index (χ0n) is 11.8. The molecule has 19 heavy (non-hydrogen) atoms. The van der Waals surface area contributed by atoms with E-state index in [1.165, 1.54) is 7.11 Å². The van der Waals surface area contributed by atoms with Gasteiger partial charge in [-0.25, -0.2) is 9.78 Å². The number of hydrogen-bond donors (Lipinski definition) is 0. The second-order valence-electron chi connectivity index (χ2n) is 6.33. The number of methoxy groups -OCH3 is 1. The van der Waals surface area contributed by atoms with Crippen molar-refractivity contribution in [1.82, 2.24) is 0 Å².